The Labute approximate surface area is 112 Å². The first-order chi connectivity index (χ1) is 8.86. The van der Waals surface area contributed by atoms with Gasteiger partial charge in [-0.15, -0.1) is 0 Å². The maximum atomic E-state index is 13.1. The van der Waals surface area contributed by atoms with Crippen LogP contribution < -0.4 is 5.32 Å². The molecule has 0 aliphatic rings. The fourth-order valence-corrected chi connectivity index (χ4v) is 1.53. The van der Waals surface area contributed by atoms with Crippen LogP contribution in [0.4, 0.5) is 14.5 Å². The fourth-order valence-electron chi connectivity index (χ4n) is 1.28. The van der Waals surface area contributed by atoms with Gasteiger partial charge in [0.1, 0.15) is 5.56 Å². The SMILES string of the molecule is CSC(C)CNC(=O)c1cc(F)c(F)cc1[N+](=O)[O-]. The van der Waals surface area contributed by atoms with Crippen molar-refractivity contribution in [3.05, 3.63) is 39.4 Å². The van der Waals surface area contributed by atoms with Crippen molar-refractivity contribution < 1.29 is 18.5 Å². The lowest BCUT2D eigenvalue weighted by atomic mass is 10.1. The summed E-state index contributed by atoms with van der Waals surface area (Å²) in [5.41, 5.74) is -1.24. The Kier molecular flexibility index (Phi) is 5.22. The smallest absolute Gasteiger partial charge is 0.285 e. The summed E-state index contributed by atoms with van der Waals surface area (Å²) in [5.74, 6) is -3.46. The monoisotopic (exact) mass is 290 g/mol. The Morgan fingerprint density at radius 2 is 2.05 bits per heavy atom. The van der Waals surface area contributed by atoms with Gasteiger partial charge in [-0.1, -0.05) is 6.92 Å². The van der Waals surface area contributed by atoms with Crippen molar-refractivity contribution >= 4 is 23.4 Å². The number of halogens is 2. The standard InChI is InChI=1S/C11H12F2N2O3S/c1-6(19-2)5-14-11(16)7-3-8(12)9(13)4-10(7)15(17)18/h3-4,6H,5H2,1-2H3,(H,14,16). The number of carbonyl (C=O) groups excluding carboxylic acids is 1. The molecule has 0 bridgehead atoms. The van der Waals surface area contributed by atoms with Gasteiger partial charge < -0.3 is 5.32 Å². The van der Waals surface area contributed by atoms with Crippen LogP contribution in [0.15, 0.2) is 12.1 Å². The summed E-state index contributed by atoms with van der Waals surface area (Å²) in [6, 6.07) is 0.939. The molecule has 1 aromatic carbocycles. The van der Waals surface area contributed by atoms with Crippen LogP contribution in [0.1, 0.15) is 17.3 Å². The summed E-state index contributed by atoms with van der Waals surface area (Å²) >= 11 is 1.50. The van der Waals surface area contributed by atoms with Crippen LogP contribution in [-0.2, 0) is 0 Å². The summed E-state index contributed by atoms with van der Waals surface area (Å²) in [4.78, 5) is 21.5. The largest absolute Gasteiger partial charge is 0.351 e. The lowest BCUT2D eigenvalue weighted by molar-refractivity contribution is -0.385. The number of carbonyl (C=O) groups is 1. The van der Waals surface area contributed by atoms with Crippen molar-refractivity contribution in [1.29, 1.82) is 0 Å². The van der Waals surface area contributed by atoms with Gasteiger partial charge in [0, 0.05) is 11.8 Å². The third kappa shape index (κ3) is 3.88. The van der Waals surface area contributed by atoms with Gasteiger partial charge in [0.25, 0.3) is 11.6 Å². The molecule has 1 aromatic rings. The highest BCUT2D eigenvalue weighted by Crippen LogP contribution is 2.22. The molecule has 0 aromatic heterocycles. The molecule has 1 atom stereocenters. The van der Waals surface area contributed by atoms with Gasteiger partial charge in [0.05, 0.1) is 11.0 Å². The Hall–Kier alpha value is -1.70. The zero-order valence-electron chi connectivity index (χ0n) is 10.3. The molecule has 1 amide bonds. The number of hydrogen-bond acceptors (Lipinski definition) is 4. The van der Waals surface area contributed by atoms with Crippen LogP contribution in [0.25, 0.3) is 0 Å². The molecule has 1 unspecified atom stereocenters. The van der Waals surface area contributed by atoms with Crippen molar-refractivity contribution in [3.8, 4) is 0 Å². The van der Waals surface area contributed by atoms with Crippen molar-refractivity contribution in [2.75, 3.05) is 12.8 Å². The molecule has 0 radical (unpaired) electrons. The lowest BCUT2D eigenvalue weighted by Gasteiger charge is -2.10. The first kappa shape index (κ1) is 15.4. The van der Waals surface area contributed by atoms with E-state index in [9.17, 15) is 23.7 Å². The predicted octanol–water partition coefficient (Wildman–Crippen LogP) is 2.35. The van der Waals surface area contributed by atoms with Gasteiger partial charge in [-0.3, -0.25) is 14.9 Å². The lowest BCUT2D eigenvalue weighted by Crippen LogP contribution is -2.30. The quantitative estimate of drug-likeness (QED) is 0.667. The van der Waals surface area contributed by atoms with E-state index in [1.807, 2.05) is 13.2 Å². The van der Waals surface area contributed by atoms with Crippen LogP contribution in [0.5, 0.6) is 0 Å². The molecular weight excluding hydrogens is 278 g/mol. The number of nitro benzene ring substituents is 1. The Balaban J connectivity index is 3.01. The second kappa shape index (κ2) is 6.46. The van der Waals surface area contributed by atoms with Gasteiger partial charge >= 0.3 is 0 Å². The van der Waals surface area contributed by atoms with Gasteiger partial charge in [0.2, 0.25) is 0 Å². The Bertz CT molecular complexity index is 511. The molecule has 0 fully saturated rings. The van der Waals surface area contributed by atoms with E-state index in [1.54, 1.807) is 0 Å². The van der Waals surface area contributed by atoms with E-state index in [1.165, 1.54) is 11.8 Å². The first-order valence-electron chi connectivity index (χ1n) is 5.31. The molecular formula is C11H12F2N2O3S. The average molecular weight is 290 g/mol. The summed E-state index contributed by atoms with van der Waals surface area (Å²) in [7, 11) is 0. The van der Waals surface area contributed by atoms with Crippen LogP contribution in [-0.4, -0.2) is 28.9 Å². The van der Waals surface area contributed by atoms with Gasteiger partial charge in [-0.25, -0.2) is 8.78 Å². The van der Waals surface area contributed by atoms with Gasteiger partial charge in [-0.2, -0.15) is 11.8 Å². The number of thioether (sulfide) groups is 1. The zero-order valence-corrected chi connectivity index (χ0v) is 11.1. The number of rotatable bonds is 5. The summed E-state index contributed by atoms with van der Waals surface area (Å²) in [6.45, 7) is 2.13. The molecule has 1 rings (SSSR count). The zero-order chi connectivity index (χ0) is 14.6. The fraction of sp³-hybridized carbons (Fsp3) is 0.364. The molecule has 0 aliphatic heterocycles. The second-order valence-corrected chi connectivity index (χ2v) is 5.07. The molecule has 5 nitrogen and oxygen atoms in total. The highest BCUT2D eigenvalue weighted by molar-refractivity contribution is 7.99. The summed E-state index contributed by atoms with van der Waals surface area (Å²) < 4.78 is 26.0. The highest BCUT2D eigenvalue weighted by Gasteiger charge is 2.23. The normalized spacial score (nSPS) is 12.0. The molecule has 0 saturated heterocycles. The Morgan fingerprint density at radius 1 is 1.47 bits per heavy atom. The van der Waals surface area contributed by atoms with Crippen molar-refractivity contribution in [2.24, 2.45) is 0 Å². The molecule has 1 N–H and O–H groups in total. The molecule has 0 spiro atoms. The number of nitro groups is 1. The van der Waals surface area contributed by atoms with E-state index < -0.39 is 33.7 Å². The molecule has 8 heteroatoms. The summed E-state index contributed by atoms with van der Waals surface area (Å²) in [6.07, 6.45) is 1.84. The maximum Gasteiger partial charge on any atom is 0.285 e. The third-order valence-corrected chi connectivity index (χ3v) is 3.40. The number of nitrogens with zero attached hydrogens (tertiary/aromatic N) is 1. The van der Waals surface area contributed by atoms with E-state index in [0.717, 1.165) is 0 Å². The third-order valence-electron chi connectivity index (χ3n) is 2.43. The number of hydrogen-bond donors (Lipinski definition) is 1. The maximum absolute atomic E-state index is 13.1. The van der Waals surface area contributed by atoms with Crippen LogP contribution >= 0.6 is 11.8 Å². The predicted molar refractivity (Wildman–Crippen MR) is 68.3 cm³/mol. The Morgan fingerprint density at radius 3 is 2.58 bits per heavy atom. The van der Waals surface area contributed by atoms with Crippen LogP contribution in [0, 0.1) is 21.7 Å². The van der Waals surface area contributed by atoms with Crippen LogP contribution in [0.2, 0.25) is 0 Å². The van der Waals surface area contributed by atoms with Gasteiger partial charge in [-0.05, 0) is 12.3 Å². The minimum absolute atomic E-state index is 0.105. The molecule has 0 saturated carbocycles. The van der Waals surface area contributed by atoms with E-state index in [0.29, 0.717) is 12.1 Å². The molecule has 104 valence electrons. The van der Waals surface area contributed by atoms with E-state index in [2.05, 4.69) is 5.32 Å². The number of amides is 1. The van der Waals surface area contributed by atoms with Gasteiger partial charge in [0.15, 0.2) is 11.6 Å². The van der Waals surface area contributed by atoms with E-state index >= 15 is 0 Å². The topological polar surface area (TPSA) is 72.2 Å². The first-order valence-corrected chi connectivity index (χ1v) is 6.60. The summed E-state index contributed by atoms with van der Waals surface area (Å²) in [5, 5.41) is 13.3. The average Bonchev–Trinajstić information content (AvgIpc) is 2.37. The minimum atomic E-state index is -1.36. The van der Waals surface area contributed by atoms with Crippen molar-refractivity contribution in [1.82, 2.24) is 5.32 Å². The van der Waals surface area contributed by atoms with E-state index in [4.69, 9.17) is 0 Å². The molecule has 19 heavy (non-hydrogen) atoms. The van der Waals surface area contributed by atoms with Crippen molar-refractivity contribution in [3.63, 3.8) is 0 Å². The minimum Gasteiger partial charge on any atom is -0.351 e. The molecule has 0 aliphatic carbocycles. The van der Waals surface area contributed by atoms with E-state index in [-0.39, 0.29) is 11.8 Å². The highest BCUT2D eigenvalue weighted by atomic mass is 32.2. The van der Waals surface area contributed by atoms with Crippen molar-refractivity contribution in [2.45, 2.75) is 12.2 Å². The molecule has 0 heterocycles. The second-order valence-electron chi connectivity index (χ2n) is 3.80. The number of benzene rings is 1. The van der Waals surface area contributed by atoms with Crippen LogP contribution in [0.3, 0.4) is 0 Å². The number of nitrogens with one attached hydrogen (secondary N) is 1.